The SMILES string of the molecule is CCNC(=NCC1(c2ccccc2Br)CC1)N1CCC(c2cnn(C)c2)C1. The van der Waals surface area contributed by atoms with Crippen LogP contribution in [0.4, 0.5) is 0 Å². The number of rotatable bonds is 5. The minimum absolute atomic E-state index is 0.212. The lowest BCUT2D eigenvalue weighted by atomic mass is 9.96. The van der Waals surface area contributed by atoms with Gasteiger partial charge >= 0.3 is 0 Å². The van der Waals surface area contributed by atoms with E-state index in [1.807, 2.05) is 17.9 Å². The van der Waals surface area contributed by atoms with E-state index in [-0.39, 0.29) is 5.41 Å². The van der Waals surface area contributed by atoms with Gasteiger partial charge < -0.3 is 10.2 Å². The molecule has 1 saturated carbocycles. The minimum atomic E-state index is 0.212. The number of guanidine groups is 1. The maximum Gasteiger partial charge on any atom is 0.193 e. The third kappa shape index (κ3) is 3.91. The maximum atomic E-state index is 5.07. The summed E-state index contributed by atoms with van der Waals surface area (Å²) in [5.74, 6) is 1.60. The summed E-state index contributed by atoms with van der Waals surface area (Å²) in [4.78, 5) is 7.48. The minimum Gasteiger partial charge on any atom is -0.357 e. The van der Waals surface area contributed by atoms with E-state index < -0.39 is 0 Å². The van der Waals surface area contributed by atoms with Gasteiger partial charge in [0.25, 0.3) is 0 Å². The Morgan fingerprint density at radius 2 is 2.19 bits per heavy atom. The van der Waals surface area contributed by atoms with E-state index in [0.717, 1.165) is 38.6 Å². The number of aliphatic imine (C=N–C) groups is 1. The number of aromatic nitrogens is 2. The van der Waals surface area contributed by atoms with Crippen molar-refractivity contribution in [3.05, 3.63) is 52.3 Å². The first-order valence-corrected chi connectivity index (χ1v) is 10.7. The number of aryl methyl sites for hydroxylation is 1. The molecule has 0 radical (unpaired) electrons. The first kappa shape index (κ1) is 18.5. The molecular weight excluding hydrogens is 402 g/mol. The largest absolute Gasteiger partial charge is 0.357 e. The van der Waals surface area contributed by atoms with Gasteiger partial charge in [0.2, 0.25) is 0 Å². The number of nitrogens with zero attached hydrogens (tertiary/aromatic N) is 4. The molecule has 1 unspecified atom stereocenters. The van der Waals surface area contributed by atoms with Gasteiger partial charge in [0.15, 0.2) is 5.96 Å². The maximum absolute atomic E-state index is 5.07. The van der Waals surface area contributed by atoms with Gasteiger partial charge in [-0.05, 0) is 43.4 Å². The summed E-state index contributed by atoms with van der Waals surface area (Å²) >= 11 is 3.73. The second-order valence-corrected chi connectivity index (χ2v) is 8.66. The van der Waals surface area contributed by atoms with E-state index in [2.05, 4.69) is 68.6 Å². The molecule has 1 aromatic heterocycles. The van der Waals surface area contributed by atoms with Crippen molar-refractivity contribution in [1.82, 2.24) is 20.0 Å². The Morgan fingerprint density at radius 3 is 2.85 bits per heavy atom. The fraction of sp³-hybridized carbons (Fsp3) is 0.524. The zero-order chi connectivity index (χ0) is 18.9. The summed E-state index contributed by atoms with van der Waals surface area (Å²) in [5.41, 5.74) is 2.95. The van der Waals surface area contributed by atoms with E-state index in [9.17, 15) is 0 Å². The summed E-state index contributed by atoms with van der Waals surface area (Å²) in [6.45, 7) is 5.96. The van der Waals surface area contributed by atoms with E-state index in [1.54, 1.807) is 0 Å². The van der Waals surface area contributed by atoms with Crippen LogP contribution in [0.1, 0.15) is 43.2 Å². The molecule has 2 aromatic rings. The Balaban J connectivity index is 1.47. The topological polar surface area (TPSA) is 45.5 Å². The molecule has 4 rings (SSSR count). The van der Waals surface area contributed by atoms with Gasteiger partial charge in [-0.25, -0.2) is 0 Å². The highest BCUT2D eigenvalue weighted by atomic mass is 79.9. The van der Waals surface area contributed by atoms with Crippen molar-refractivity contribution in [2.45, 2.75) is 37.5 Å². The molecular formula is C21H28BrN5. The molecule has 0 spiro atoms. The van der Waals surface area contributed by atoms with Gasteiger partial charge in [0.05, 0.1) is 12.7 Å². The third-order valence-electron chi connectivity index (χ3n) is 5.85. The van der Waals surface area contributed by atoms with Gasteiger partial charge in [0, 0.05) is 48.7 Å². The molecule has 1 aromatic carbocycles. The zero-order valence-corrected chi connectivity index (χ0v) is 17.7. The van der Waals surface area contributed by atoms with Crippen LogP contribution in [0, 0.1) is 0 Å². The molecule has 1 atom stereocenters. The summed E-state index contributed by atoms with van der Waals surface area (Å²) in [6.07, 6.45) is 7.74. The van der Waals surface area contributed by atoms with Crippen LogP contribution in [0.2, 0.25) is 0 Å². The van der Waals surface area contributed by atoms with Gasteiger partial charge in [-0.15, -0.1) is 0 Å². The zero-order valence-electron chi connectivity index (χ0n) is 16.2. The van der Waals surface area contributed by atoms with E-state index in [0.29, 0.717) is 5.92 Å². The van der Waals surface area contributed by atoms with Gasteiger partial charge in [-0.2, -0.15) is 5.10 Å². The molecule has 0 amide bonds. The van der Waals surface area contributed by atoms with E-state index in [4.69, 9.17) is 4.99 Å². The van der Waals surface area contributed by atoms with Crippen molar-refractivity contribution in [2.75, 3.05) is 26.2 Å². The molecule has 2 fully saturated rings. The first-order valence-electron chi connectivity index (χ1n) is 9.88. The van der Waals surface area contributed by atoms with Crippen LogP contribution < -0.4 is 5.32 Å². The lowest BCUT2D eigenvalue weighted by molar-refractivity contribution is 0.483. The second-order valence-electron chi connectivity index (χ2n) is 7.81. The highest BCUT2D eigenvalue weighted by Gasteiger charge is 2.45. The molecule has 2 aliphatic rings. The second kappa shape index (κ2) is 7.66. The van der Waals surface area contributed by atoms with Crippen LogP contribution in [0.5, 0.6) is 0 Å². The van der Waals surface area contributed by atoms with Crippen LogP contribution >= 0.6 is 15.9 Å². The summed E-state index contributed by atoms with van der Waals surface area (Å²) in [7, 11) is 1.98. The Labute approximate surface area is 170 Å². The molecule has 1 aliphatic heterocycles. The van der Waals surface area contributed by atoms with Crippen molar-refractivity contribution in [3.63, 3.8) is 0 Å². The fourth-order valence-corrected chi connectivity index (χ4v) is 4.79. The van der Waals surface area contributed by atoms with E-state index >= 15 is 0 Å². The highest BCUT2D eigenvalue weighted by molar-refractivity contribution is 9.10. The summed E-state index contributed by atoms with van der Waals surface area (Å²) in [6, 6.07) is 8.60. The monoisotopic (exact) mass is 429 g/mol. The number of nitrogens with one attached hydrogen (secondary N) is 1. The summed E-state index contributed by atoms with van der Waals surface area (Å²) < 4.78 is 3.10. The first-order chi connectivity index (χ1) is 13.1. The number of hydrogen-bond acceptors (Lipinski definition) is 2. The Morgan fingerprint density at radius 1 is 1.37 bits per heavy atom. The van der Waals surface area contributed by atoms with Crippen molar-refractivity contribution < 1.29 is 0 Å². The Kier molecular flexibility index (Phi) is 5.26. The predicted octanol–water partition coefficient (Wildman–Crippen LogP) is 3.67. The van der Waals surface area contributed by atoms with Crippen molar-refractivity contribution in [1.29, 1.82) is 0 Å². The number of benzene rings is 1. The molecule has 1 N–H and O–H groups in total. The van der Waals surface area contributed by atoms with Gasteiger partial charge in [0.1, 0.15) is 0 Å². The van der Waals surface area contributed by atoms with Crippen LogP contribution in [0.25, 0.3) is 0 Å². The smallest absolute Gasteiger partial charge is 0.193 e. The normalized spacial score (nSPS) is 21.5. The summed E-state index contributed by atoms with van der Waals surface area (Å²) in [5, 5.41) is 7.85. The van der Waals surface area contributed by atoms with Crippen molar-refractivity contribution >= 4 is 21.9 Å². The third-order valence-corrected chi connectivity index (χ3v) is 6.54. The van der Waals surface area contributed by atoms with Crippen molar-refractivity contribution in [3.8, 4) is 0 Å². The average Bonchev–Trinajstić information content (AvgIpc) is 3.07. The van der Waals surface area contributed by atoms with Gasteiger partial charge in [-0.1, -0.05) is 34.1 Å². The molecule has 2 heterocycles. The Hall–Kier alpha value is -1.82. The van der Waals surface area contributed by atoms with Crippen LogP contribution in [0.3, 0.4) is 0 Å². The molecule has 27 heavy (non-hydrogen) atoms. The fourth-order valence-electron chi connectivity index (χ4n) is 4.08. The van der Waals surface area contributed by atoms with E-state index in [1.165, 1.54) is 28.4 Å². The van der Waals surface area contributed by atoms with Gasteiger partial charge in [-0.3, -0.25) is 9.67 Å². The number of likely N-dealkylation sites (tertiary alicyclic amines) is 1. The standard InChI is InChI=1S/C21H28BrN5/c1-3-23-20(27-11-8-16(14-27)17-12-25-26(2)13-17)24-15-21(9-10-21)18-6-4-5-7-19(18)22/h4-7,12-13,16H,3,8-11,14-15H2,1-2H3,(H,23,24). The number of hydrogen-bond donors (Lipinski definition) is 1. The Bertz CT molecular complexity index is 823. The lowest BCUT2D eigenvalue weighted by Crippen LogP contribution is -2.40. The lowest BCUT2D eigenvalue weighted by Gasteiger charge is -2.23. The molecule has 1 aliphatic carbocycles. The predicted molar refractivity (Wildman–Crippen MR) is 113 cm³/mol. The molecule has 6 heteroatoms. The van der Waals surface area contributed by atoms with Crippen molar-refractivity contribution in [2.24, 2.45) is 12.0 Å². The molecule has 1 saturated heterocycles. The highest BCUT2D eigenvalue weighted by Crippen LogP contribution is 2.50. The van der Waals surface area contributed by atoms with Crippen LogP contribution in [-0.2, 0) is 12.5 Å². The molecule has 144 valence electrons. The molecule has 0 bridgehead atoms. The van der Waals surface area contributed by atoms with Crippen LogP contribution in [0.15, 0.2) is 46.1 Å². The molecule has 5 nitrogen and oxygen atoms in total. The van der Waals surface area contributed by atoms with Crippen LogP contribution in [-0.4, -0.2) is 46.8 Å². The number of halogens is 1. The quantitative estimate of drug-likeness (QED) is 0.582. The average molecular weight is 430 g/mol.